The number of aryl methyl sites for hydroxylation is 1. The summed E-state index contributed by atoms with van der Waals surface area (Å²) in [5.74, 6) is 0.890. The van der Waals surface area contributed by atoms with Gasteiger partial charge in [-0.05, 0) is 103 Å². The fraction of sp³-hybridized carbons (Fsp3) is 0.606. The van der Waals surface area contributed by atoms with E-state index in [1.807, 2.05) is 38.2 Å². The lowest BCUT2D eigenvalue weighted by atomic mass is 9.80. The zero-order valence-electron chi connectivity index (χ0n) is 27.2. The molecule has 0 aromatic heterocycles. The molecule has 1 unspecified atom stereocenters. The molecule has 3 rings (SSSR count). The summed E-state index contributed by atoms with van der Waals surface area (Å²) in [5, 5.41) is -0.0292. The molecule has 1 amide bonds. The highest BCUT2D eigenvalue weighted by molar-refractivity contribution is 9.10. The number of fused-ring (bicyclic) bond motifs is 1. The molecular weight excluding hydrogens is 610 g/mol. The van der Waals surface area contributed by atoms with E-state index in [0.717, 1.165) is 58.2 Å². The van der Waals surface area contributed by atoms with Gasteiger partial charge in [0, 0.05) is 23.2 Å². The predicted octanol–water partition coefficient (Wildman–Crippen LogP) is 9.18. The van der Waals surface area contributed by atoms with Crippen LogP contribution in [0.5, 0.6) is 5.75 Å². The van der Waals surface area contributed by atoms with Crippen LogP contribution < -0.4 is 4.74 Å². The first-order chi connectivity index (χ1) is 18.8. The number of benzene rings is 2. The first kappa shape index (κ1) is 34.0. The number of methoxy groups -OCH3 is 1. The Balaban J connectivity index is 2.10. The summed E-state index contributed by atoms with van der Waals surface area (Å²) in [5.41, 5.74) is 3.48. The van der Waals surface area contributed by atoms with Crippen LogP contribution in [0.25, 0.3) is 0 Å². The summed E-state index contributed by atoms with van der Waals surface area (Å²) in [4.78, 5) is 27.5. The molecule has 1 N–H and O–H groups in total. The van der Waals surface area contributed by atoms with Gasteiger partial charge in [-0.3, -0.25) is 4.79 Å². The Morgan fingerprint density at radius 2 is 1.61 bits per heavy atom. The van der Waals surface area contributed by atoms with Crippen molar-refractivity contribution in [1.82, 2.24) is 4.90 Å². The Kier molecular flexibility index (Phi) is 10.2. The van der Waals surface area contributed by atoms with E-state index in [1.165, 1.54) is 0 Å². The Hall–Kier alpha value is -1.46. The van der Waals surface area contributed by atoms with Gasteiger partial charge in [-0.1, -0.05) is 69.1 Å². The fourth-order valence-electron chi connectivity index (χ4n) is 5.49. The summed E-state index contributed by atoms with van der Waals surface area (Å²) in [6.45, 7) is 23.0. The van der Waals surface area contributed by atoms with Crippen LogP contribution in [0.4, 0.5) is 0 Å². The Labute approximate surface area is 259 Å². The number of hydrogen-bond acceptors (Lipinski definition) is 4. The predicted molar refractivity (Wildman–Crippen MR) is 179 cm³/mol. The molecule has 1 aliphatic heterocycles. The number of nitrogens with zero attached hydrogens (tertiary/aromatic N) is 1. The first-order valence-electron chi connectivity index (χ1n) is 14.9. The van der Waals surface area contributed by atoms with Gasteiger partial charge in [-0.15, -0.1) is 0 Å². The lowest BCUT2D eigenvalue weighted by Crippen LogP contribution is -2.47. The average molecular weight is 663 g/mol. The minimum atomic E-state index is -2.37. The van der Waals surface area contributed by atoms with E-state index in [-0.39, 0.29) is 16.0 Å². The van der Waals surface area contributed by atoms with E-state index in [4.69, 9.17) is 9.16 Å². The second-order valence-electron chi connectivity index (χ2n) is 14.6. The minimum absolute atomic E-state index is 0.0873. The van der Waals surface area contributed by atoms with Crippen molar-refractivity contribution in [3.8, 4) is 5.75 Å². The molecule has 0 spiro atoms. The summed E-state index contributed by atoms with van der Waals surface area (Å²) < 4.78 is 13.1. The van der Waals surface area contributed by atoms with Crippen LogP contribution in [-0.2, 0) is 16.5 Å². The highest BCUT2D eigenvalue weighted by Gasteiger charge is 2.51. The third kappa shape index (κ3) is 7.20. The molecule has 0 fully saturated rings. The second kappa shape index (κ2) is 12.3. The first-order valence-corrected chi connectivity index (χ1v) is 21.5. The summed E-state index contributed by atoms with van der Waals surface area (Å²) in [7, 11) is -2.68. The summed E-state index contributed by atoms with van der Waals surface area (Å²) in [6.07, 6.45) is 3.35. The molecule has 0 radical (unpaired) electrons. The summed E-state index contributed by atoms with van der Waals surface area (Å²) >= 11 is 3.75. The molecule has 1 atom stereocenters. The Morgan fingerprint density at radius 3 is 2.15 bits per heavy atom. The Morgan fingerprint density at radius 1 is 1.00 bits per heavy atom. The molecule has 2 aromatic carbocycles. The number of amides is 1. The van der Waals surface area contributed by atoms with Crippen molar-refractivity contribution in [3.63, 3.8) is 0 Å². The van der Waals surface area contributed by atoms with E-state index in [1.54, 1.807) is 7.11 Å². The van der Waals surface area contributed by atoms with Crippen molar-refractivity contribution in [1.29, 1.82) is 0 Å². The zero-order chi connectivity index (χ0) is 31.0. The maximum absolute atomic E-state index is 14.3. The second-order valence-corrected chi connectivity index (χ2v) is 24.8. The van der Waals surface area contributed by atoms with Gasteiger partial charge in [0.05, 0.1) is 12.6 Å². The Bertz CT molecular complexity index is 1200. The molecule has 1 aliphatic rings. The molecule has 0 saturated heterocycles. The van der Waals surface area contributed by atoms with Crippen LogP contribution >= 0.6 is 15.9 Å². The SMILES string of the molecule is COc1ccc(CN2C(=O)c3c(C)cc(Br)cc3C2(CCCC(C)(C)[Si](C)(C)O)CCO[Si](C)(C)C(C)(C)C)cc1. The van der Waals surface area contributed by atoms with Crippen molar-refractivity contribution < 1.29 is 18.8 Å². The van der Waals surface area contributed by atoms with Crippen molar-refractivity contribution in [2.24, 2.45) is 0 Å². The maximum atomic E-state index is 14.3. The zero-order valence-corrected chi connectivity index (χ0v) is 30.8. The molecule has 1 heterocycles. The number of carbonyl (C=O) groups is 1. The third-order valence-corrected chi connectivity index (χ3v) is 18.7. The normalized spacial score (nSPS) is 18.2. The largest absolute Gasteiger partial charge is 0.497 e. The van der Waals surface area contributed by atoms with E-state index < -0.39 is 22.2 Å². The van der Waals surface area contributed by atoms with Crippen molar-refractivity contribution in [3.05, 3.63) is 63.1 Å². The van der Waals surface area contributed by atoms with Crippen LogP contribution in [0.1, 0.15) is 87.4 Å². The van der Waals surface area contributed by atoms with Gasteiger partial charge in [0.1, 0.15) is 5.75 Å². The third-order valence-electron chi connectivity index (χ3n) is 10.1. The molecule has 8 heteroatoms. The van der Waals surface area contributed by atoms with Gasteiger partial charge >= 0.3 is 0 Å². The van der Waals surface area contributed by atoms with E-state index in [2.05, 4.69) is 86.7 Å². The lowest BCUT2D eigenvalue weighted by Gasteiger charge is -2.43. The van der Waals surface area contributed by atoms with E-state index in [0.29, 0.717) is 13.2 Å². The highest BCUT2D eigenvalue weighted by atomic mass is 79.9. The molecule has 228 valence electrons. The lowest BCUT2D eigenvalue weighted by molar-refractivity contribution is 0.0390. The standard InChI is InChI=1S/C33H52BrNO4Si2/c1-24-21-26(34)22-28-29(24)30(36)35(23-25-13-15-27(38-7)16-14-25)33(28,18-12-17-32(5,6)40(8,9)37)19-20-39-41(10,11)31(2,3)4/h13-16,21-22,37H,12,17-20,23H2,1-11H3. The molecule has 0 bridgehead atoms. The average Bonchev–Trinajstić information content (AvgIpc) is 3.05. The van der Waals surface area contributed by atoms with Crippen LogP contribution in [-0.4, -0.2) is 46.0 Å². The van der Waals surface area contributed by atoms with Gasteiger partial charge in [-0.25, -0.2) is 0 Å². The molecular formula is C33H52BrNO4Si2. The monoisotopic (exact) mass is 661 g/mol. The summed E-state index contributed by atoms with van der Waals surface area (Å²) in [6, 6.07) is 12.2. The number of halogens is 1. The van der Waals surface area contributed by atoms with Gasteiger partial charge in [-0.2, -0.15) is 0 Å². The molecule has 0 saturated carbocycles. The minimum Gasteiger partial charge on any atom is -0.497 e. The van der Waals surface area contributed by atoms with Crippen LogP contribution in [0, 0.1) is 6.92 Å². The maximum Gasteiger partial charge on any atom is 0.255 e. The molecule has 41 heavy (non-hydrogen) atoms. The van der Waals surface area contributed by atoms with Crippen LogP contribution in [0.15, 0.2) is 40.9 Å². The smallest absolute Gasteiger partial charge is 0.255 e. The van der Waals surface area contributed by atoms with Crippen LogP contribution in [0.2, 0.25) is 36.3 Å². The quantitative estimate of drug-likeness (QED) is 0.230. The van der Waals surface area contributed by atoms with Crippen molar-refractivity contribution >= 4 is 38.5 Å². The number of hydrogen-bond donors (Lipinski definition) is 1. The molecule has 2 aromatic rings. The van der Waals surface area contributed by atoms with E-state index in [9.17, 15) is 9.59 Å². The van der Waals surface area contributed by atoms with E-state index >= 15 is 0 Å². The van der Waals surface area contributed by atoms with Gasteiger partial charge in [0.25, 0.3) is 5.91 Å². The number of ether oxygens (including phenoxy) is 1. The molecule has 0 aliphatic carbocycles. The molecule has 5 nitrogen and oxygen atoms in total. The highest BCUT2D eigenvalue weighted by Crippen LogP contribution is 2.50. The number of carbonyl (C=O) groups excluding carboxylic acids is 1. The van der Waals surface area contributed by atoms with Gasteiger partial charge in [0.15, 0.2) is 16.6 Å². The topological polar surface area (TPSA) is 59.0 Å². The van der Waals surface area contributed by atoms with Crippen molar-refractivity contribution in [2.75, 3.05) is 13.7 Å². The van der Waals surface area contributed by atoms with Gasteiger partial charge in [0.2, 0.25) is 0 Å². The van der Waals surface area contributed by atoms with Crippen LogP contribution in [0.3, 0.4) is 0 Å². The van der Waals surface area contributed by atoms with Gasteiger partial charge < -0.3 is 18.9 Å². The van der Waals surface area contributed by atoms with Crippen molar-refractivity contribution in [2.45, 2.75) is 116 Å². The fourth-order valence-corrected chi connectivity index (χ4v) is 7.90. The number of rotatable bonds is 12.